The summed E-state index contributed by atoms with van der Waals surface area (Å²) in [6, 6.07) is 20.2. The van der Waals surface area contributed by atoms with Crippen LogP contribution in [0.4, 0.5) is 5.95 Å². The average Bonchev–Trinajstić information content (AvgIpc) is 3.10. The molecule has 0 fully saturated rings. The van der Waals surface area contributed by atoms with Gasteiger partial charge in [0.25, 0.3) is 0 Å². The topological polar surface area (TPSA) is 38.2 Å². The summed E-state index contributed by atoms with van der Waals surface area (Å²) in [5.74, 6) is 1.48. The summed E-state index contributed by atoms with van der Waals surface area (Å²) in [6.45, 7) is 0. The van der Waals surface area contributed by atoms with Crippen LogP contribution in [0.1, 0.15) is 5.56 Å². The molecule has 0 N–H and O–H groups in total. The number of methoxy groups -OCH3 is 1. The first-order valence-electron chi connectivity index (χ1n) is 8.13. The molecule has 0 saturated heterocycles. The van der Waals surface area contributed by atoms with Crippen molar-refractivity contribution in [2.45, 2.75) is 4.16 Å². The third-order valence-electron chi connectivity index (χ3n) is 4.04. The van der Waals surface area contributed by atoms with E-state index >= 15 is 0 Å². The van der Waals surface area contributed by atoms with Gasteiger partial charge in [-0.05, 0) is 0 Å². The van der Waals surface area contributed by atoms with E-state index < -0.39 is 0 Å². The molecule has 0 amide bonds. The number of para-hydroxylation sites is 1. The van der Waals surface area contributed by atoms with Gasteiger partial charge in [-0.15, -0.1) is 0 Å². The van der Waals surface area contributed by atoms with Crippen molar-refractivity contribution in [2.75, 3.05) is 12.0 Å². The molecule has 2 radical (unpaired) electrons. The summed E-state index contributed by atoms with van der Waals surface area (Å²) in [5.41, 5.74) is 3.01. The Kier molecular flexibility index (Phi) is 5.00. The van der Waals surface area contributed by atoms with Gasteiger partial charge in [0.2, 0.25) is 0 Å². The summed E-state index contributed by atoms with van der Waals surface area (Å²) >= 11 is 4.47. The molecular weight excluding hydrogens is 405 g/mol. The van der Waals surface area contributed by atoms with Crippen molar-refractivity contribution in [1.82, 2.24) is 9.97 Å². The molecule has 2 aromatic carbocycles. The Morgan fingerprint density at radius 3 is 2.62 bits per heavy atom. The third kappa shape index (κ3) is 3.37. The van der Waals surface area contributed by atoms with E-state index in [2.05, 4.69) is 57.2 Å². The van der Waals surface area contributed by atoms with E-state index in [0.717, 1.165) is 17.0 Å². The molecule has 128 valence electrons. The van der Waals surface area contributed by atoms with Gasteiger partial charge in [0.1, 0.15) is 0 Å². The Morgan fingerprint density at radius 1 is 1.04 bits per heavy atom. The van der Waals surface area contributed by atoms with Crippen molar-refractivity contribution in [3.63, 3.8) is 0 Å². The summed E-state index contributed by atoms with van der Waals surface area (Å²) < 4.78 is 5.64. The standard InChI is InChI=1S/C20H16AsN3OS/c1-25-17-10-6-5-9-15(17)16-11-12-22-20(23-16)24-13-18(26-19(24)21)14-7-3-2-4-8-14/h2-13,19H,1H3. The van der Waals surface area contributed by atoms with E-state index in [-0.39, 0.29) is 4.16 Å². The van der Waals surface area contributed by atoms with Crippen molar-refractivity contribution in [3.8, 4) is 17.0 Å². The zero-order valence-corrected chi connectivity index (χ0v) is 16.8. The number of anilines is 1. The molecule has 0 spiro atoms. The number of ether oxygens (including phenoxy) is 1. The molecule has 3 aromatic rings. The molecule has 1 atom stereocenters. The summed E-state index contributed by atoms with van der Waals surface area (Å²) in [6.07, 6.45) is 3.91. The van der Waals surface area contributed by atoms with Gasteiger partial charge >= 0.3 is 166 Å². The first kappa shape index (κ1) is 17.2. The Balaban J connectivity index is 1.69. The van der Waals surface area contributed by atoms with E-state index in [1.807, 2.05) is 36.4 Å². The number of thioether (sulfide) groups is 1. The number of benzene rings is 2. The van der Waals surface area contributed by atoms with Gasteiger partial charge in [-0.3, -0.25) is 0 Å². The van der Waals surface area contributed by atoms with E-state index in [9.17, 15) is 0 Å². The summed E-state index contributed by atoms with van der Waals surface area (Å²) in [5, 5.41) is 0. The predicted octanol–water partition coefficient (Wildman–Crippen LogP) is 4.16. The van der Waals surface area contributed by atoms with Crippen molar-refractivity contribution >= 4 is 39.5 Å². The van der Waals surface area contributed by atoms with E-state index in [0.29, 0.717) is 5.95 Å². The molecule has 1 aliphatic rings. The number of hydrogen-bond acceptors (Lipinski definition) is 5. The van der Waals surface area contributed by atoms with Crippen LogP contribution in [0.25, 0.3) is 16.2 Å². The van der Waals surface area contributed by atoms with Crippen LogP contribution in [0.3, 0.4) is 0 Å². The van der Waals surface area contributed by atoms with Crippen LogP contribution in [0.15, 0.2) is 73.1 Å². The van der Waals surface area contributed by atoms with Crippen LogP contribution in [0.5, 0.6) is 5.75 Å². The SMILES string of the molecule is COc1ccccc1-c1ccnc(N2C=C(c3ccccc3)SC2[As])n1. The van der Waals surface area contributed by atoms with Crippen LogP contribution < -0.4 is 9.64 Å². The molecule has 1 aliphatic heterocycles. The van der Waals surface area contributed by atoms with Crippen molar-refractivity contribution in [2.24, 2.45) is 0 Å². The fraction of sp³-hybridized carbons (Fsp3) is 0.100. The maximum absolute atomic E-state index is 5.47. The third-order valence-corrected chi connectivity index (χ3v) is 6.26. The Hall–Kier alpha value is -2.23. The number of hydrogen-bond donors (Lipinski definition) is 0. The van der Waals surface area contributed by atoms with Crippen molar-refractivity contribution in [3.05, 3.63) is 78.6 Å². The molecule has 2 heterocycles. The molecule has 6 heteroatoms. The molecule has 1 aromatic heterocycles. The quantitative estimate of drug-likeness (QED) is 0.592. The zero-order valence-electron chi connectivity index (χ0n) is 14.1. The van der Waals surface area contributed by atoms with E-state index in [1.54, 1.807) is 25.1 Å². The first-order chi connectivity index (χ1) is 12.8. The summed E-state index contributed by atoms with van der Waals surface area (Å²) in [4.78, 5) is 12.6. The molecule has 0 bridgehead atoms. The molecular formula is C20H16AsN3OS. The van der Waals surface area contributed by atoms with Gasteiger partial charge in [-0.2, -0.15) is 0 Å². The zero-order chi connectivity index (χ0) is 17.9. The van der Waals surface area contributed by atoms with Gasteiger partial charge in [-0.1, -0.05) is 0 Å². The van der Waals surface area contributed by atoms with Crippen LogP contribution in [0, 0.1) is 0 Å². The minimum atomic E-state index is 0.172. The number of aromatic nitrogens is 2. The first-order valence-corrected chi connectivity index (χ1v) is 10.1. The van der Waals surface area contributed by atoms with Gasteiger partial charge < -0.3 is 0 Å². The fourth-order valence-electron chi connectivity index (χ4n) is 2.77. The van der Waals surface area contributed by atoms with Gasteiger partial charge in [0, 0.05) is 0 Å². The monoisotopic (exact) mass is 421 g/mol. The second-order valence-corrected chi connectivity index (χ2v) is 8.56. The van der Waals surface area contributed by atoms with Gasteiger partial charge in [0.15, 0.2) is 0 Å². The molecule has 0 saturated carbocycles. The predicted molar refractivity (Wildman–Crippen MR) is 108 cm³/mol. The van der Waals surface area contributed by atoms with Crippen LogP contribution in [-0.4, -0.2) is 38.1 Å². The second kappa shape index (κ2) is 7.56. The van der Waals surface area contributed by atoms with Crippen molar-refractivity contribution in [1.29, 1.82) is 0 Å². The maximum atomic E-state index is 5.47. The fourth-order valence-corrected chi connectivity index (χ4v) is 4.79. The van der Waals surface area contributed by atoms with E-state index in [1.165, 1.54) is 10.5 Å². The average molecular weight is 421 g/mol. The molecule has 0 aliphatic carbocycles. The van der Waals surface area contributed by atoms with Crippen LogP contribution in [0.2, 0.25) is 0 Å². The van der Waals surface area contributed by atoms with Crippen LogP contribution in [-0.2, 0) is 0 Å². The number of rotatable bonds is 4. The second-order valence-electron chi connectivity index (χ2n) is 5.65. The Labute approximate surface area is 165 Å². The number of nitrogens with zero attached hydrogens (tertiary/aromatic N) is 3. The normalized spacial score (nSPS) is 16.5. The Bertz CT molecular complexity index is 949. The van der Waals surface area contributed by atoms with Gasteiger partial charge in [-0.25, -0.2) is 0 Å². The molecule has 26 heavy (non-hydrogen) atoms. The minimum absolute atomic E-state index is 0.172. The van der Waals surface area contributed by atoms with Crippen molar-refractivity contribution < 1.29 is 4.74 Å². The summed E-state index contributed by atoms with van der Waals surface area (Å²) in [7, 11) is 1.67. The van der Waals surface area contributed by atoms with Gasteiger partial charge in [0.05, 0.1) is 0 Å². The molecule has 1 unspecified atom stereocenters. The molecule has 4 nitrogen and oxygen atoms in total. The Morgan fingerprint density at radius 2 is 1.81 bits per heavy atom. The van der Waals surface area contributed by atoms with Crippen LogP contribution >= 0.6 is 11.8 Å². The van der Waals surface area contributed by atoms with E-state index in [4.69, 9.17) is 9.72 Å². The molecule has 4 rings (SSSR count).